The largest absolute Gasteiger partial charge is 0.496 e. The maximum absolute atomic E-state index is 5.29. The lowest BCUT2D eigenvalue weighted by Gasteiger charge is -2.17. The third kappa shape index (κ3) is 4.36. The van der Waals surface area contributed by atoms with Crippen molar-refractivity contribution < 1.29 is 4.74 Å². The van der Waals surface area contributed by atoms with Crippen molar-refractivity contribution in [3.8, 4) is 5.75 Å². The molecule has 1 atom stereocenters. The van der Waals surface area contributed by atoms with E-state index in [-0.39, 0.29) is 0 Å². The van der Waals surface area contributed by atoms with Gasteiger partial charge < -0.3 is 10.1 Å². The lowest BCUT2D eigenvalue weighted by atomic mass is 10.0. The summed E-state index contributed by atoms with van der Waals surface area (Å²) in [7, 11) is 1.73. The van der Waals surface area contributed by atoms with E-state index in [1.165, 1.54) is 10.4 Å². The highest BCUT2D eigenvalue weighted by atomic mass is 32.1. The first kappa shape index (κ1) is 15.1. The van der Waals surface area contributed by atoms with Crippen LogP contribution in [0.3, 0.4) is 0 Å². The summed E-state index contributed by atoms with van der Waals surface area (Å²) < 4.78 is 5.29. The molecule has 2 rings (SSSR count). The Balaban J connectivity index is 1.99. The van der Waals surface area contributed by atoms with Crippen LogP contribution in [0.5, 0.6) is 5.75 Å². The molecule has 0 aliphatic heterocycles. The monoisotopic (exact) mass is 289 g/mol. The van der Waals surface area contributed by atoms with Gasteiger partial charge in [-0.1, -0.05) is 37.3 Å². The van der Waals surface area contributed by atoms with E-state index < -0.39 is 0 Å². The third-order valence-electron chi connectivity index (χ3n) is 3.38. The molecule has 0 spiro atoms. The van der Waals surface area contributed by atoms with Crippen molar-refractivity contribution in [2.24, 2.45) is 0 Å². The zero-order chi connectivity index (χ0) is 14.2. The molecule has 108 valence electrons. The van der Waals surface area contributed by atoms with Gasteiger partial charge in [-0.25, -0.2) is 0 Å². The first-order valence-corrected chi connectivity index (χ1v) is 8.11. The number of thiophene rings is 1. The molecule has 0 aliphatic carbocycles. The average Bonchev–Trinajstić information content (AvgIpc) is 2.97. The molecular weight excluding hydrogens is 266 g/mol. The van der Waals surface area contributed by atoms with Crippen molar-refractivity contribution in [1.29, 1.82) is 0 Å². The van der Waals surface area contributed by atoms with E-state index in [1.807, 2.05) is 0 Å². The van der Waals surface area contributed by atoms with Gasteiger partial charge in [0.05, 0.1) is 7.11 Å². The standard InChI is InChI=1S/C17H23NOS/c1-3-11-18-16(17-12-15(19-2)13-20-17)10-9-14-7-5-4-6-8-14/h4-8,12-13,16,18H,3,9-11H2,1-2H3. The number of hydrogen-bond acceptors (Lipinski definition) is 3. The van der Waals surface area contributed by atoms with Gasteiger partial charge in [0.25, 0.3) is 0 Å². The van der Waals surface area contributed by atoms with Crippen LogP contribution in [-0.2, 0) is 6.42 Å². The molecule has 0 bridgehead atoms. The Morgan fingerprint density at radius 3 is 2.70 bits per heavy atom. The highest BCUT2D eigenvalue weighted by Crippen LogP contribution is 2.29. The molecule has 3 heteroatoms. The molecule has 2 aromatic rings. The minimum atomic E-state index is 0.420. The molecule has 0 amide bonds. The van der Waals surface area contributed by atoms with E-state index in [1.54, 1.807) is 18.4 Å². The lowest BCUT2D eigenvalue weighted by Crippen LogP contribution is -2.21. The Bertz CT molecular complexity index is 495. The number of benzene rings is 1. The van der Waals surface area contributed by atoms with Crippen molar-refractivity contribution >= 4 is 11.3 Å². The molecular formula is C17H23NOS. The van der Waals surface area contributed by atoms with Crippen LogP contribution in [0, 0.1) is 0 Å². The number of ether oxygens (including phenoxy) is 1. The van der Waals surface area contributed by atoms with Gasteiger partial charge in [-0.05, 0) is 37.4 Å². The fourth-order valence-corrected chi connectivity index (χ4v) is 3.21. The molecule has 0 saturated heterocycles. The molecule has 1 unspecified atom stereocenters. The quantitative estimate of drug-likeness (QED) is 0.776. The van der Waals surface area contributed by atoms with Gasteiger partial charge >= 0.3 is 0 Å². The number of rotatable bonds is 8. The maximum atomic E-state index is 5.29. The molecule has 1 N–H and O–H groups in total. The van der Waals surface area contributed by atoms with E-state index in [0.29, 0.717) is 6.04 Å². The highest BCUT2D eigenvalue weighted by molar-refractivity contribution is 7.10. The summed E-state index contributed by atoms with van der Waals surface area (Å²) in [6, 6.07) is 13.3. The topological polar surface area (TPSA) is 21.3 Å². The van der Waals surface area contributed by atoms with E-state index in [4.69, 9.17) is 4.74 Å². The predicted octanol–water partition coefficient (Wildman–Crippen LogP) is 4.43. The molecule has 20 heavy (non-hydrogen) atoms. The Morgan fingerprint density at radius 2 is 2.05 bits per heavy atom. The Labute approximate surface area is 125 Å². The number of nitrogens with one attached hydrogen (secondary N) is 1. The lowest BCUT2D eigenvalue weighted by molar-refractivity contribution is 0.415. The van der Waals surface area contributed by atoms with Crippen LogP contribution >= 0.6 is 11.3 Å². The molecule has 0 saturated carbocycles. The Morgan fingerprint density at radius 1 is 1.25 bits per heavy atom. The van der Waals surface area contributed by atoms with Gasteiger partial charge in [0, 0.05) is 16.3 Å². The third-order valence-corrected chi connectivity index (χ3v) is 4.40. The summed E-state index contributed by atoms with van der Waals surface area (Å²) in [6.07, 6.45) is 3.38. The van der Waals surface area contributed by atoms with Gasteiger partial charge in [0.2, 0.25) is 0 Å². The van der Waals surface area contributed by atoms with Gasteiger partial charge in [0.1, 0.15) is 5.75 Å². The van der Waals surface area contributed by atoms with Crippen LogP contribution in [0.1, 0.15) is 36.2 Å². The summed E-state index contributed by atoms with van der Waals surface area (Å²) in [6.45, 7) is 3.26. The molecule has 1 aromatic heterocycles. The van der Waals surface area contributed by atoms with Crippen molar-refractivity contribution in [3.05, 3.63) is 52.2 Å². The fourth-order valence-electron chi connectivity index (χ4n) is 2.24. The SMILES string of the molecule is CCCNC(CCc1ccccc1)c1cc(OC)cs1. The molecule has 1 heterocycles. The predicted molar refractivity (Wildman–Crippen MR) is 86.7 cm³/mol. The van der Waals surface area contributed by atoms with Crippen molar-refractivity contribution in [1.82, 2.24) is 5.32 Å². The molecule has 0 radical (unpaired) electrons. The van der Waals surface area contributed by atoms with E-state index in [0.717, 1.165) is 31.6 Å². The van der Waals surface area contributed by atoms with Gasteiger partial charge in [-0.15, -0.1) is 11.3 Å². The van der Waals surface area contributed by atoms with Crippen LogP contribution in [0.2, 0.25) is 0 Å². The minimum Gasteiger partial charge on any atom is -0.496 e. The maximum Gasteiger partial charge on any atom is 0.129 e. The molecule has 0 fully saturated rings. The number of methoxy groups -OCH3 is 1. The van der Waals surface area contributed by atoms with Crippen molar-refractivity contribution in [2.75, 3.05) is 13.7 Å². The van der Waals surface area contributed by atoms with Crippen molar-refractivity contribution in [3.63, 3.8) is 0 Å². The second kappa shape index (κ2) is 8.08. The zero-order valence-corrected chi connectivity index (χ0v) is 13.1. The van der Waals surface area contributed by atoms with Gasteiger partial charge in [-0.3, -0.25) is 0 Å². The summed E-state index contributed by atoms with van der Waals surface area (Å²) >= 11 is 1.78. The fraction of sp³-hybridized carbons (Fsp3) is 0.412. The van der Waals surface area contributed by atoms with Crippen LogP contribution < -0.4 is 10.1 Å². The van der Waals surface area contributed by atoms with E-state index in [9.17, 15) is 0 Å². The van der Waals surface area contributed by atoms with Gasteiger partial charge in [0.15, 0.2) is 0 Å². The van der Waals surface area contributed by atoms with Crippen LogP contribution in [0.15, 0.2) is 41.8 Å². The van der Waals surface area contributed by atoms with E-state index >= 15 is 0 Å². The first-order valence-electron chi connectivity index (χ1n) is 7.23. The summed E-state index contributed by atoms with van der Waals surface area (Å²) in [5.74, 6) is 0.966. The Kier molecular flexibility index (Phi) is 6.09. The highest BCUT2D eigenvalue weighted by Gasteiger charge is 2.13. The number of hydrogen-bond donors (Lipinski definition) is 1. The van der Waals surface area contributed by atoms with Crippen LogP contribution in [-0.4, -0.2) is 13.7 Å². The van der Waals surface area contributed by atoms with Crippen LogP contribution in [0.4, 0.5) is 0 Å². The van der Waals surface area contributed by atoms with Gasteiger partial charge in [-0.2, -0.15) is 0 Å². The Hall–Kier alpha value is -1.32. The molecule has 2 nitrogen and oxygen atoms in total. The summed E-state index contributed by atoms with van der Waals surface area (Å²) in [5.41, 5.74) is 1.40. The summed E-state index contributed by atoms with van der Waals surface area (Å²) in [4.78, 5) is 1.37. The molecule has 1 aromatic carbocycles. The average molecular weight is 289 g/mol. The smallest absolute Gasteiger partial charge is 0.129 e. The summed E-state index contributed by atoms with van der Waals surface area (Å²) in [5, 5.41) is 5.73. The van der Waals surface area contributed by atoms with Crippen LogP contribution in [0.25, 0.3) is 0 Å². The number of aryl methyl sites for hydroxylation is 1. The second-order valence-corrected chi connectivity index (χ2v) is 5.86. The minimum absolute atomic E-state index is 0.420. The van der Waals surface area contributed by atoms with E-state index in [2.05, 4.69) is 54.0 Å². The normalized spacial score (nSPS) is 12.3. The van der Waals surface area contributed by atoms with Crippen molar-refractivity contribution in [2.45, 2.75) is 32.2 Å². The first-order chi connectivity index (χ1) is 9.83. The second-order valence-electron chi connectivity index (χ2n) is 4.92. The zero-order valence-electron chi connectivity index (χ0n) is 12.3. The molecule has 0 aliphatic rings.